The second-order valence-electron chi connectivity index (χ2n) is 2.01. The molecule has 5 heteroatoms. The van der Waals surface area contributed by atoms with Gasteiger partial charge >= 0.3 is 0 Å². The minimum Gasteiger partial charge on any atom is -1.00 e. The molecule has 1 N–H and O–H groups in total. The van der Waals surface area contributed by atoms with E-state index in [1.807, 2.05) is 18.8 Å². The monoisotopic (exact) mass is 281 g/mol. The number of hydrogen-bond acceptors (Lipinski definition) is 2. The summed E-state index contributed by atoms with van der Waals surface area (Å²) in [5.41, 5.74) is 1.14. The van der Waals surface area contributed by atoms with Crippen molar-refractivity contribution in [2.45, 2.75) is 0 Å². The highest BCUT2D eigenvalue weighted by Gasteiger charge is 2.20. The highest BCUT2D eigenvalue weighted by atomic mass is 127. The van der Waals surface area contributed by atoms with E-state index in [4.69, 9.17) is 0 Å². The first-order chi connectivity index (χ1) is 4.88. The van der Waals surface area contributed by atoms with Gasteiger partial charge in [0.2, 0.25) is 0 Å². The molecule has 58 valence electrons. The van der Waals surface area contributed by atoms with Crippen molar-refractivity contribution in [3.8, 4) is 0 Å². The van der Waals surface area contributed by atoms with Crippen LogP contribution in [0.3, 0.4) is 0 Å². The van der Waals surface area contributed by atoms with Crippen molar-refractivity contribution >= 4 is 35.1 Å². The Bertz CT molecular complexity index is 280. The molecule has 11 heavy (non-hydrogen) atoms. The quantitative estimate of drug-likeness (QED) is 0.364. The maximum absolute atomic E-state index is 4.14. The van der Waals surface area contributed by atoms with Crippen LogP contribution in [0.2, 0.25) is 0 Å². The van der Waals surface area contributed by atoms with E-state index >= 15 is 0 Å². The Morgan fingerprint density at radius 2 is 2.27 bits per heavy atom. The molecular weight excluding hydrogens is 276 g/mol. The summed E-state index contributed by atoms with van der Waals surface area (Å²) in [7, 11) is 0. The third kappa shape index (κ3) is 1.52. The van der Waals surface area contributed by atoms with E-state index in [0.29, 0.717) is 0 Å². The highest BCUT2D eigenvalue weighted by molar-refractivity contribution is 14.1. The number of hydrogen-bond donors (Lipinski definition) is 1. The fraction of sp³-hybridized carbons (Fsp3) is 0. The molecule has 0 bridgehead atoms. The molecule has 0 amide bonds. The Labute approximate surface area is 84.1 Å². The lowest BCUT2D eigenvalue weighted by atomic mass is 10.4. The van der Waals surface area contributed by atoms with E-state index < -0.39 is 0 Å². The van der Waals surface area contributed by atoms with Gasteiger partial charge in [0.1, 0.15) is 6.20 Å². The summed E-state index contributed by atoms with van der Waals surface area (Å²) in [5.74, 6) is 0. The van der Waals surface area contributed by atoms with Crippen LogP contribution >= 0.6 is 22.6 Å². The van der Waals surface area contributed by atoms with E-state index in [2.05, 4.69) is 32.6 Å². The molecule has 0 spiro atoms. The van der Waals surface area contributed by atoms with E-state index in [9.17, 15) is 0 Å². The first-order valence-electron chi connectivity index (χ1n) is 2.89. The molecule has 0 saturated heterocycles. The van der Waals surface area contributed by atoms with Crippen LogP contribution in [-0.4, -0.2) is 12.6 Å². The number of nitrogens with one attached hydrogen (secondary N) is 1. The Kier molecular flexibility index (Phi) is 2.80. The van der Waals surface area contributed by atoms with Gasteiger partial charge in [-0.3, -0.25) is 4.99 Å². The molecule has 2 heterocycles. The zero-order valence-corrected chi connectivity index (χ0v) is 8.37. The molecule has 0 saturated carbocycles. The van der Waals surface area contributed by atoms with E-state index in [1.54, 1.807) is 6.20 Å². The van der Waals surface area contributed by atoms with Crippen LogP contribution in [0.4, 0.5) is 0 Å². The number of allylic oxidation sites excluding steroid dienone is 1. The van der Waals surface area contributed by atoms with Crippen LogP contribution in [0, 0.1) is 0 Å². The van der Waals surface area contributed by atoms with Crippen LogP contribution in [0.25, 0.3) is 0 Å². The lowest BCUT2D eigenvalue weighted by Crippen LogP contribution is -3.04. The summed E-state index contributed by atoms with van der Waals surface area (Å²) < 4.78 is 1.03. The lowest BCUT2D eigenvalue weighted by molar-refractivity contribution is -0.682. The van der Waals surface area contributed by atoms with Gasteiger partial charge in [-0.1, -0.05) is 0 Å². The molecule has 0 radical (unpaired) electrons. The molecule has 2 aliphatic rings. The molecule has 0 fully saturated rings. The maximum atomic E-state index is 4.14. The van der Waals surface area contributed by atoms with Crippen LogP contribution in [0.15, 0.2) is 31.8 Å². The van der Waals surface area contributed by atoms with Crippen molar-refractivity contribution in [1.29, 1.82) is 0 Å². The van der Waals surface area contributed by atoms with Gasteiger partial charge in [-0.05, 0) is 22.6 Å². The van der Waals surface area contributed by atoms with Crippen molar-refractivity contribution in [2.24, 2.45) is 9.98 Å². The molecule has 0 aromatic heterocycles. The van der Waals surface area contributed by atoms with Crippen molar-refractivity contribution < 1.29 is 17.3 Å². The SMILES string of the molecule is IC1=C2C=NC=C[NH+]2C=N1.[Cl-]. The summed E-state index contributed by atoms with van der Waals surface area (Å²) in [4.78, 5) is 9.31. The number of halogens is 2. The topological polar surface area (TPSA) is 29.2 Å². The normalized spacial score (nSPS) is 25.4. The minimum atomic E-state index is 0. The van der Waals surface area contributed by atoms with Crippen LogP contribution < -0.4 is 17.3 Å². The first kappa shape index (κ1) is 8.89. The molecule has 3 nitrogen and oxygen atoms in total. The van der Waals surface area contributed by atoms with Crippen molar-refractivity contribution in [1.82, 2.24) is 0 Å². The average Bonchev–Trinajstić information content (AvgIpc) is 2.34. The summed E-state index contributed by atoms with van der Waals surface area (Å²) in [6.07, 6.45) is 7.44. The van der Waals surface area contributed by atoms with Crippen LogP contribution in [0.1, 0.15) is 0 Å². The number of nitrogens with zero attached hydrogens (tertiary/aromatic N) is 2. The Morgan fingerprint density at radius 3 is 3.00 bits per heavy atom. The average molecular weight is 281 g/mol. The maximum Gasteiger partial charge on any atom is 0.199 e. The van der Waals surface area contributed by atoms with Crippen molar-refractivity contribution in [2.75, 3.05) is 0 Å². The lowest BCUT2D eigenvalue weighted by Gasteiger charge is -2.04. The third-order valence-corrected chi connectivity index (χ3v) is 2.25. The van der Waals surface area contributed by atoms with Gasteiger partial charge in [0.05, 0.1) is 12.4 Å². The summed E-state index contributed by atoms with van der Waals surface area (Å²) >= 11 is 2.20. The summed E-state index contributed by atoms with van der Waals surface area (Å²) in [6, 6.07) is 0. The second kappa shape index (κ2) is 3.46. The van der Waals surface area contributed by atoms with Gasteiger partial charge in [0, 0.05) is 0 Å². The first-order valence-corrected chi connectivity index (χ1v) is 3.97. The predicted molar refractivity (Wildman–Crippen MR) is 48.1 cm³/mol. The fourth-order valence-electron chi connectivity index (χ4n) is 0.886. The highest BCUT2D eigenvalue weighted by Crippen LogP contribution is 2.11. The van der Waals surface area contributed by atoms with Gasteiger partial charge in [-0.25, -0.2) is 4.90 Å². The smallest absolute Gasteiger partial charge is 0.199 e. The zero-order valence-electron chi connectivity index (χ0n) is 5.46. The molecule has 1 atom stereocenters. The third-order valence-electron chi connectivity index (χ3n) is 1.39. The van der Waals surface area contributed by atoms with Gasteiger partial charge in [0.15, 0.2) is 15.7 Å². The van der Waals surface area contributed by atoms with Crippen LogP contribution in [0.5, 0.6) is 0 Å². The van der Waals surface area contributed by atoms with Crippen molar-refractivity contribution in [3.05, 3.63) is 21.8 Å². The van der Waals surface area contributed by atoms with E-state index in [1.165, 1.54) is 4.90 Å². The van der Waals surface area contributed by atoms with Crippen LogP contribution in [-0.2, 0) is 0 Å². The molecule has 2 rings (SSSR count). The minimum absolute atomic E-state index is 0. The van der Waals surface area contributed by atoms with Gasteiger partial charge in [-0.2, -0.15) is 4.99 Å². The largest absolute Gasteiger partial charge is 1.00 e. The Balaban J connectivity index is 0.000000605. The number of rotatable bonds is 0. The standard InChI is InChI=1S/C6H4IN3.ClH/c7-6-5-3-8-1-2-10(5)4-9-6;/h1-4H;1H. The Morgan fingerprint density at radius 1 is 1.45 bits per heavy atom. The molecule has 0 aliphatic carbocycles. The number of fused-ring (bicyclic) bond motifs is 1. The Hall–Kier alpha value is -0.200. The predicted octanol–water partition coefficient (Wildman–Crippen LogP) is -2.92. The van der Waals surface area contributed by atoms with Gasteiger partial charge < -0.3 is 12.4 Å². The molecule has 2 aliphatic heterocycles. The molecule has 1 unspecified atom stereocenters. The number of quaternary nitrogens is 1. The molecule has 0 aromatic rings. The van der Waals surface area contributed by atoms with E-state index in [-0.39, 0.29) is 12.4 Å². The summed E-state index contributed by atoms with van der Waals surface area (Å²) in [6.45, 7) is 0. The second-order valence-corrected chi connectivity index (χ2v) is 3.03. The summed E-state index contributed by atoms with van der Waals surface area (Å²) in [5, 5.41) is 0. The molecular formula is C6H5ClIN3. The van der Waals surface area contributed by atoms with Gasteiger partial charge in [-0.15, -0.1) is 0 Å². The molecule has 0 aromatic carbocycles. The fourth-order valence-corrected chi connectivity index (χ4v) is 1.48. The van der Waals surface area contributed by atoms with E-state index in [0.717, 1.165) is 9.40 Å². The van der Waals surface area contributed by atoms with Gasteiger partial charge in [0.25, 0.3) is 0 Å². The number of aliphatic imine (C=N–C) groups is 2. The zero-order chi connectivity index (χ0) is 6.97. The van der Waals surface area contributed by atoms with Crippen molar-refractivity contribution in [3.63, 3.8) is 0 Å².